The lowest BCUT2D eigenvalue weighted by molar-refractivity contribution is 0.502. The van der Waals surface area contributed by atoms with Gasteiger partial charge in [0.2, 0.25) is 0 Å². The summed E-state index contributed by atoms with van der Waals surface area (Å²) in [5.41, 5.74) is 6.53. The summed E-state index contributed by atoms with van der Waals surface area (Å²) in [6.07, 6.45) is 1.77. The molecule has 0 aliphatic heterocycles. The Morgan fingerprint density at radius 1 is 1.58 bits per heavy atom. The van der Waals surface area contributed by atoms with E-state index >= 15 is 0 Å². The summed E-state index contributed by atoms with van der Waals surface area (Å²) in [6.45, 7) is 2.40. The number of nitriles is 1. The minimum Gasteiger partial charge on any atom is -0.328 e. The van der Waals surface area contributed by atoms with E-state index in [9.17, 15) is 4.39 Å². The van der Waals surface area contributed by atoms with Gasteiger partial charge in [-0.15, -0.1) is 0 Å². The normalized spacial score (nSPS) is 12.2. The zero-order chi connectivity index (χ0) is 14.0. The molecule has 1 aromatic carbocycles. The van der Waals surface area contributed by atoms with Crippen LogP contribution in [0.3, 0.4) is 0 Å². The van der Waals surface area contributed by atoms with Crippen LogP contribution in [0.2, 0.25) is 5.02 Å². The zero-order valence-electron chi connectivity index (χ0n) is 10.3. The molecule has 0 aliphatic rings. The summed E-state index contributed by atoms with van der Waals surface area (Å²) in [7, 11) is 0. The Balaban J connectivity index is 2.43. The van der Waals surface area contributed by atoms with Crippen LogP contribution in [0.5, 0.6) is 0 Å². The summed E-state index contributed by atoms with van der Waals surface area (Å²) in [5.74, 6) is -0.647. The molecule has 0 fully saturated rings. The second-order valence-corrected chi connectivity index (χ2v) is 4.60. The number of benzene rings is 1. The molecule has 6 heteroatoms. The third-order valence-electron chi connectivity index (χ3n) is 2.85. The second-order valence-electron chi connectivity index (χ2n) is 4.19. The fourth-order valence-corrected chi connectivity index (χ4v) is 1.92. The van der Waals surface area contributed by atoms with Crippen molar-refractivity contribution in [2.75, 3.05) is 6.54 Å². The Morgan fingerprint density at radius 3 is 2.89 bits per heavy atom. The quantitative estimate of drug-likeness (QED) is 0.939. The molecule has 2 aromatic rings. The van der Waals surface area contributed by atoms with E-state index in [0.717, 1.165) is 0 Å². The highest BCUT2D eigenvalue weighted by Gasteiger charge is 2.12. The average Bonchev–Trinajstić information content (AvgIpc) is 2.87. The number of aromatic nitrogens is 2. The van der Waals surface area contributed by atoms with Crippen LogP contribution in [-0.2, 0) is 0 Å². The van der Waals surface area contributed by atoms with Gasteiger partial charge in [-0.25, -0.2) is 4.39 Å². The van der Waals surface area contributed by atoms with Gasteiger partial charge in [-0.2, -0.15) is 10.4 Å². The molecule has 4 nitrogen and oxygen atoms in total. The molecule has 19 heavy (non-hydrogen) atoms. The van der Waals surface area contributed by atoms with Gasteiger partial charge in [0, 0.05) is 18.3 Å². The summed E-state index contributed by atoms with van der Waals surface area (Å²) in [6, 6.07) is 6.33. The Hall–Kier alpha value is -1.90. The SMILES string of the molecule is C[C@@H](CN)n1ccc(-c2cc(F)c(C#N)c(Cl)c2)n1. The smallest absolute Gasteiger partial charge is 0.143 e. The van der Waals surface area contributed by atoms with Crippen LogP contribution >= 0.6 is 11.6 Å². The summed E-state index contributed by atoms with van der Waals surface area (Å²) in [5, 5.41) is 13.2. The molecule has 1 atom stereocenters. The molecule has 0 amide bonds. The van der Waals surface area contributed by atoms with Crippen molar-refractivity contribution >= 4 is 11.6 Å². The Bertz CT molecular complexity index is 621. The predicted molar refractivity (Wildman–Crippen MR) is 71.1 cm³/mol. The van der Waals surface area contributed by atoms with Gasteiger partial charge in [-0.3, -0.25) is 4.68 Å². The molecular formula is C13H12ClFN4. The first kappa shape index (κ1) is 13.5. The van der Waals surface area contributed by atoms with E-state index in [4.69, 9.17) is 22.6 Å². The Morgan fingerprint density at radius 2 is 2.32 bits per heavy atom. The van der Waals surface area contributed by atoms with Gasteiger partial charge in [-0.05, 0) is 25.1 Å². The molecule has 2 N–H and O–H groups in total. The number of nitrogens with two attached hydrogens (primary N) is 1. The third-order valence-corrected chi connectivity index (χ3v) is 3.15. The largest absolute Gasteiger partial charge is 0.328 e. The monoisotopic (exact) mass is 278 g/mol. The fraction of sp³-hybridized carbons (Fsp3) is 0.231. The van der Waals surface area contributed by atoms with Gasteiger partial charge in [0.25, 0.3) is 0 Å². The first-order valence-corrected chi connectivity index (χ1v) is 6.09. The lowest BCUT2D eigenvalue weighted by atomic mass is 10.1. The highest BCUT2D eigenvalue weighted by Crippen LogP contribution is 2.27. The van der Waals surface area contributed by atoms with E-state index in [1.54, 1.807) is 23.0 Å². The van der Waals surface area contributed by atoms with Gasteiger partial charge >= 0.3 is 0 Å². The van der Waals surface area contributed by atoms with Crippen LogP contribution in [0.1, 0.15) is 18.5 Å². The summed E-state index contributed by atoms with van der Waals surface area (Å²) >= 11 is 5.86. The van der Waals surface area contributed by atoms with Crippen molar-refractivity contribution in [1.82, 2.24) is 9.78 Å². The fourth-order valence-electron chi connectivity index (χ4n) is 1.67. The topological polar surface area (TPSA) is 67.6 Å². The average molecular weight is 279 g/mol. The van der Waals surface area contributed by atoms with Gasteiger partial charge < -0.3 is 5.73 Å². The van der Waals surface area contributed by atoms with Gasteiger partial charge in [0.05, 0.1) is 16.8 Å². The Kier molecular flexibility index (Phi) is 3.84. The molecule has 2 rings (SSSR count). The van der Waals surface area contributed by atoms with Gasteiger partial charge in [0.1, 0.15) is 17.4 Å². The molecule has 0 spiro atoms. The molecule has 0 bridgehead atoms. The molecule has 1 heterocycles. The molecule has 0 radical (unpaired) electrons. The summed E-state index contributed by atoms with van der Waals surface area (Å²) < 4.78 is 15.4. The molecule has 98 valence electrons. The van der Waals surface area contributed by atoms with E-state index in [1.165, 1.54) is 12.1 Å². The molecular weight excluding hydrogens is 267 g/mol. The third kappa shape index (κ3) is 2.60. The van der Waals surface area contributed by atoms with Crippen molar-refractivity contribution in [1.29, 1.82) is 5.26 Å². The number of rotatable bonds is 3. The minimum absolute atomic E-state index is 0.0625. The van der Waals surface area contributed by atoms with Crippen molar-refractivity contribution in [2.45, 2.75) is 13.0 Å². The second kappa shape index (κ2) is 5.39. The van der Waals surface area contributed by atoms with Gasteiger partial charge in [-0.1, -0.05) is 11.6 Å². The first-order chi connectivity index (χ1) is 9.06. The van der Waals surface area contributed by atoms with Crippen molar-refractivity contribution < 1.29 is 4.39 Å². The molecule has 0 saturated carbocycles. The lowest BCUT2D eigenvalue weighted by Gasteiger charge is -2.08. The van der Waals surface area contributed by atoms with Crippen LogP contribution in [0.15, 0.2) is 24.4 Å². The van der Waals surface area contributed by atoms with Crippen LogP contribution < -0.4 is 5.73 Å². The lowest BCUT2D eigenvalue weighted by Crippen LogP contribution is -2.16. The highest BCUT2D eigenvalue weighted by atomic mass is 35.5. The Labute approximate surface area is 115 Å². The van der Waals surface area contributed by atoms with Crippen molar-refractivity contribution in [3.63, 3.8) is 0 Å². The number of hydrogen-bond acceptors (Lipinski definition) is 3. The maximum atomic E-state index is 13.7. The standard InChI is InChI=1S/C13H12ClFN4/c1-8(6-16)19-3-2-13(18-19)9-4-11(14)10(7-17)12(15)5-9/h2-5,8H,6,16H2,1H3/t8-/m0/s1. The molecule has 0 unspecified atom stereocenters. The van der Waals surface area contributed by atoms with E-state index in [1.807, 2.05) is 6.92 Å². The number of nitrogens with zero attached hydrogens (tertiary/aromatic N) is 3. The maximum Gasteiger partial charge on any atom is 0.143 e. The number of halogens is 2. The molecule has 1 aromatic heterocycles. The van der Waals surface area contributed by atoms with Crippen LogP contribution in [0.25, 0.3) is 11.3 Å². The summed E-state index contributed by atoms with van der Waals surface area (Å²) in [4.78, 5) is 0. The van der Waals surface area contributed by atoms with Crippen LogP contribution in [0, 0.1) is 17.1 Å². The first-order valence-electron chi connectivity index (χ1n) is 5.71. The van der Waals surface area contributed by atoms with Crippen LogP contribution in [0.4, 0.5) is 4.39 Å². The minimum atomic E-state index is -0.647. The van der Waals surface area contributed by atoms with E-state index in [2.05, 4.69) is 5.10 Å². The van der Waals surface area contributed by atoms with Gasteiger partial charge in [0.15, 0.2) is 0 Å². The van der Waals surface area contributed by atoms with E-state index in [0.29, 0.717) is 17.8 Å². The zero-order valence-corrected chi connectivity index (χ0v) is 11.0. The van der Waals surface area contributed by atoms with E-state index < -0.39 is 5.82 Å². The molecule has 0 saturated heterocycles. The van der Waals surface area contributed by atoms with E-state index in [-0.39, 0.29) is 16.6 Å². The molecule has 0 aliphatic carbocycles. The van der Waals surface area contributed by atoms with Crippen LogP contribution in [-0.4, -0.2) is 16.3 Å². The maximum absolute atomic E-state index is 13.7. The predicted octanol–water partition coefficient (Wildman–Crippen LogP) is 2.73. The van der Waals surface area contributed by atoms with Crippen molar-refractivity contribution in [3.8, 4) is 17.3 Å². The number of hydrogen-bond donors (Lipinski definition) is 1. The highest BCUT2D eigenvalue weighted by molar-refractivity contribution is 6.32. The van der Waals surface area contributed by atoms with Crippen molar-refractivity contribution in [3.05, 3.63) is 40.8 Å². The van der Waals surface area contributed by atoms with Crippen molar-refractivity contribution in [2.24, 2.45) is 5.73 Å².